The minimum Gasteiger partial charge on any atom is -0.494 e. The van der Waals surface area contributed by atoms with Crippen LogP contribution in [-0.4, -0.2) is 26.1 Å². The Morgan fingerprint density at radius 1 is 1.24 bits per heavy atom. The van der Waals surface area contributed by atoms with Crippen molar-refractivity contribution in [2.24, 2.45) is 5.73 Å². The van der Waals surface area contributed by atoms with Crippen LogP contribution in [0.1, 0.15) is 17.2 Å². The number of imide groups is 1. The van der Waals surface area contributed by atoms with Crippen LogP contribution in [0.25, 0.3) is 0 Å². The summed E-state index contributed by atoms with van der Waals surface area (Å²) < 4.78 is 18.8. The molecule has 0 saturated heterocycles. The van der Waals surface area contributed by atoms with Gasteiger partial charge in [-0.2, -0.15) is 0 Å². The maximum Gasteiger partial charge on any atom is 0.319 e. The second kappa shape index (κ2) is 8.25. The summed E-state index contributed by atoms with van der Waals surface area (Å²) in [7, 11) is 3.19. The maximum atomic E-state index is 13.9. The number of benzene rings is 2. The lowest BCUT2D eigenvalue weighted by Gasteiger charge is -2.24. The number of carbonyl (C=O) groups excluding carboxylic acids is 2. The average Bonchev–Trinajstić information content (AvgIpc) is 2.55. The van der Waals surface area contributed by atoms with Crippen LogP contribution < -0.4 is 20.7 Å². The summed E-state index contributed by atoms with van der Waals surface area (Å²) >= 11 is 0. The van der Waals surface area contributed by atoms with Crippen molar-refractivity contribution in [3.8, 4) is 5.75 Å². The van der Waals surface area contributed by atoms with Gasteiger partial charge in [0.2, 0.25) is 0 Å². The molecular formula is C18H21FN3O3+. The molecule has 2 rings (SSSR count). The van der Waals surface area contributed by atoms with E-state index in [4.69, 9.17) is 10.5 Å². The van der Waals surface area contributed by atoms with Gasteiger partial charge in [-0.3, -0.25) is 10.1 Å². The number of methoxy groups -OCH3 is 1. The Kier molecular flexibility index (Phi) is 6.08. The third-order valence-corrected chi connectivity index (χ3v) is 3.83. The standard InChI is InChI=1S/C18H20FN3O3/c1-22(11-12-8-9-15(25-2)14(19)10-12)16(17(23)21-18(20)24)13-6-4-3-5-7-13/h3-10,16H,11H2,1-2H3,(H3,20,21,23,24)/p+1/t16-/m1/s1. The minimum atomic E-state index is -0.908. The van der Waals surface area contributed by atoms with E-state index in [-0.39, 0.29) is 5.75 Å². The van der Waals surface area contributed by atoms with Gasteiger partial charge in [-0.15, -0.1) is 0 Å². The van der Waals surface area contributed by atoms with Crippen LogP contribution >= 0.6 is 0 Å². The molecule has 0 saturated carbocycles. The normalized spacial score (nSPS) is 12.9. The molecule has 7 heteroatoms. The van der Waals surface area contributed by atoms with Gasteiger partial charge in [0.15, 0.2) is 17.6 Å². The molecule has 2 aromatic rings. The number of ether oxygens (including phenoxy) is 1. The second-order valence-corrected chi connectivity index (χ2v) is 5.69. The number of likely N-dealkylation sites (N-methyl/N-ethyl adjacent to an activating group) is 1. The molecule has 0 aromatic heterocycles. The van der Waals surface area contributed by atoms with Crippen molar-refractivity contribution in [2.45, 2.75) is 12.6 Å². The molecule has 0 heterocycles. The second-order valence-electron chi connectivity index (χ2n) is 5.69. The van der Waals surface area contributed by atoms with Crippen LogP contribution in [0.3, 0.4) is 0 Å². The summed E-state index contributed by atoms with van der Waals surface area (Å²) in [6, 6.07) is 12.1. The highest BCUT2D eigenvalue weighted by atomic mass is 19.1. The van der Waals surface area contributed by atoms with Gasteiger partial charge in [-0.1, -0.05) is 30.3 Å². The highest BCUT2D eigenvalue weighted by Gasteiger charge is 2.30. The van der Waals surface area contributed by atoms with Gasteiger partial charge in [-0.25, -0.2) is 9.18 Å². The highest BCUT2D eigenvalue weighted by molar-refractivity contribution is 5.96. The van der Waals surface area contributed by atoms with Gasteiger partial charge in [0.25, 0.3) is 5.91 Å². The van der Waals surface area contributed by atoms with E-state index < -0.39 is 23.8 Å². The summed E-state index contributed by atoms with van der Waals surface area (Å²) in [5, 5.41) is 2.12. The van der Waals surface area contributed by atoms with E-state index in [1.807, 2.05) is 6.07 Å². The first-order chi connectivity index (χ1) is 11.9. The number of rotatable bonds is 6. The molecule has 1 unspecified atom stereocenters. The van der Waals surface area contributed by atoms with Crippen LogP contribution in [0.2, 0.25) is 0 Å². The molecule has 132 valence electrons. The smallest absolute Gasteiger partial charge is 0.319 e. The van der Waals surface area contributed by atoms with E-state index >= 15 is 0 Å². The zero-order chi connectivity index (χ0) is 18.4. The zero-order valence-corrected chi connectivity index (χ0v) is 14.1. The summed E-state index contributed by atoms with van der Waals surface area (Å²) in [4.78, 5) is 24.2. The fraction of sp³-hybridized carbons (Fsp3) is 0.222. The first kappa shape index (κ1) is 18.4. The lowest BCUT2D eigenvalue weighted by molar-refractivity contribution is -0.916. The Bertz CT molecular complexity index is 752. The van der Waals surface area contributed by atoms with E-state index in [0.717, 1.165) is 10.5 Å². The lowest BCUT2D eigenvalue weighted by atomic mass is 10.0. The summed E-state index contributed by atoms with van der Waals surface area (Å²) in [6.07, 6.45) is 0. The quantitative estimate of drug-likeness (QED) is 0.723. The van der Waals surface area contributed by atoms with Crippen LogP contribution in [0, 0.1) is 5.82 Å². The first-order valence-corrected chi connectivity index (χ1v) is 7.72. The molecule has 0 fully saturated rings. The predicted molar refractivity (Wildman–Crippen MR) is 90.5 cm³/mol. The third-order valence-electron chi connectivity index (χ3n) is 3.83. The molecule has 0 spiro atoms. The molecule has 0 aliphatic carbocycles. The third kappa shape index (κ3) is 4.77. The molecular weight excluding hydrogens is 325 g/mol. The van der Waals surface area contributed by atoms with Crippen molar-refractivity contribution >= 4 is 11.9 Å². The van der Waals surface area contributed by atoms with E-state index in [1.165, 1.54) is 13.2 Å². The number of hydrogen-bond donors (Lipinski definition) is 3. The Morgan fingerprint density at radius 3 is 2.48 bits per heavy atom. The summed E-state index contributed by atoms with van der Waals surface area (Å²) in [6.45, 7) is 0.368. The minimum absolute atomic E-state index is 0.160. The number of urea groups is 1. The molecule has 0 bridgehead atoms. The fourth-order valence-electron chi connectivity index (χ4n) is 2.74. The van der Waals surface area contributed by atoms with Crippen LogP contribution in [-0.2, 0) is 11.3 Å². The van der Waals surface area contributed by atoms with Crippen LogP contribution in [0.5, 0.6) is 5.75 Å². The van der Waals surface area contributed by atoms with Gasteiger partial charge in [0, 0.05) is 11.1 Å². The molecule has 2 aromatic carbocycles. The summed E-state index contributed by atoms with van der Waals surface area (Å²) in [5.41, 5.74) is 6.50. The molecule has 0 aliphatic heterocycles. The Hall–Kier alpha value is -2.93. The zero-order valence-electron chi connectivity index (χ0n) is 14.1. The largest absolute Gasteiger partial charge is 0.494 e. The average molecular weight is 346 g/mol. The van der Waals surface area contributed by atoms with E-state index in [2.05, 4.69) is 5.32 Å². The fourth-order valence-corrected chi connectivity index (χ4v) is 2.74. The van der Waals surface area contributed by atoms with Crippen molar-refractivity contribution in [1.82, 2.24) is 5.32 Å². The van der Waals surface area contributed by atoms with Crippen molar-refractivity contribution < 1.29 is 23.6 Å². The van der Waals surface area contributed by atoms with Gasteiger partial charge in [0.1, 0.15) is 6.54 Å². The van der Waals surface area contributed by atoms with Crippen molar-refractivity contribution in [2.75, 3.05) is 14.2 Å². The van der Waals surface area contributed by atoms with E-state index in [0.29, 0.717) is 12.1 Å². The number of hydrogen-bond acceptors (Lipinski definition) is 3. The van der Waals surface area contributed by atoms with Crippen molar-refractivity contribution in [3.05, 3.63) is 65.5 Å². The topological polar surface area (TPSA) is 85.9 Å². The SMILES string of the molecule is COc1ccc(C[NH+](C)[C@@H](C(=O)NC(N)=O)c2ccccc2)cc1F. The van der Waals surface area contributed by atoms with Gasteiger partial charge >= 0.3 is 6.03 Å². The summed E-state index contributed by atoms with van der Waals surface area (Å²) in [5.74, 6) is -0.816. The van der Waals surface area contributed by atoms with Crippen LogP contribution in [0.4, 0.5) is 9.18 Å². The predicted octanol–water partition coefficient (Wildman–Crippen LogP) is 0.785. The van der Waals surface area contributed by atoms with E-state index in [1.54, 1.807) is 43.4 Å². The van der Waals surface area contributed by atoms with Gasteiger partial charge in [0.05, 0.1) is 14.2 Å². The monoisotopic (exact) mass is 346 g/mol. The van der Waals surface area contributed by atoms with Crippen molar-refractivity contribution in [1.29, 1.82) is 0 Å². The van der Waals surface area contributed by atoms with E-state index in [9.17, 15) is 14.0 Å². The van der Waals surface area contributed by atoms with Gasteiger partial charge in [-0.05, 0) is 18.2 Å². The lowest BCUT2D eigenvalue weighted by Crippen LogP contribution is -3.09. The molecule has 0 radical (unpaired) electrons. The first-order valence-electron chi connectivity index (χ1n) is 7.72. The number of nitrogens with one attached hydrogen (secondary N) is 2. The molecule has 3 amide bonds. The molecule has 4 N–H and O–H groups in total. The molecule has 6 nitrogen and oxygen atoms in total. The highest BCUT2D eigenvalue weighted by Crippen LogP contribution is 2.17. The van der Waals surface area contributed by atoms with Crippen LogP contribution in [0.15, 0.2) is 48.5 Å². The maximum absolute atomic E-state index is 13.9. The number of quaternary nitrogens is 1. The van der Waals surface area contributed by atoms with Gasteiger partial charge < -0.3 is 15.4 Å². The molecule has 2 atom stereocenters. The number of amides is 3. The number of primary amides is 1. The molecule has 25 heavy (non-hydrogen) atoms. The number of nitrogens with two attached hydrogens (primary N) is 1. The Labute approximate surface area is 145 Å². The number of halogens is 1. The Morgan fingerprint density at radius 2 is 1.92 bits per heavy atom. The molecule has 0 aliphatic rings. The number of carbonyl (C=O) groups is 2. The Balaban J connectivity index is 2.26. The van der Waals surface area contributed by atoms with Crippen molar-refractivity contribution in [3.63, 3.8) is 0 Å².